The zero-order chi connectivity index (χ0) is 16.5. The van der Waals surface area contributed by atoms with Crippen LogP contribution in [-0.4, -0.2) is 17.1 Å². The smallest absolute Gasteiger partial charge is 0.146 e. The van der Waals surface area contributed by atoms with Gasteiger partial charge in [0.25, 0.3) is 0 Å². The molecule has 0 unspecified atom stereocenters. The molecule has 4 nitrogen and oxygen atoms in total. The Morgan fingerprint density at radius 3 is 2.67 bits per heavy atom. The number of benzene rings is 2. The lowest BCUT2D eigenvalue weighted by molar-refractivity contribution is 0.185. The van der Waals surface area contributed by atoms with Gasteiger partial charge < -0.3 is 9.72 Å². The minimum absolute atomic E-state index is 0.357. The Morgan fingerprint density at radius 1 is 1.08 bits per heavy atom. The third-order valence-corrected chi connectivity index (χ3v) is 4.24. The molecule has 0 atom stereocenters. The van der Waals surface area contributed by atoms with Crippen LogP contribution < -0.4 is 0 Å². The van der Waals surface area contributed by atoms with Gasteiger partial charge in [0.15, 0.2) is 0 Å². The molecule has 2 aromatic heterocycles. The van der Waals surface area contributed by atoms with Crippen molar-refractivity contribution in [3.63, 3.8) is 0 Å². The van der Waals surface area contributed by atoms with E-state index in [2.05, 4.69) is 46.4 Å². The van der Waals surface area contributed by atoms with Crippen molar-refractivity contribution in [2.45, 2.75) is 6.61 Å². The molecule has 0 aliphatic rings. The Balaban J connectivity index is 2.05. The van der Waals surface area contributed by atoms with Gasteiger partial charge in [-0.1, -0.05) is 36.4 Å². The fourth-order valence-electron chi connectivity index (χ4n) is 3.15. The van der Waals surface area contributed by atoms with Gasteiger partial charge in [0.1, 0.15) is 11.8 Å². The molecule has 0 aliphatic carbocycles. The summed E-state index contributed by atoms with van der Waals surface area (Å²) in [6.45, 7) is 0.357. The van der Waals surface area contributed by atoms with Crippen LogP contribution in [0.25, 0.3) is 32.9 Å². The Morgan fingerprint density at radius 2 is 1.92 bits per heavy atom. The molecule has 4 heteroatoms. The molecule has 2 heterocycles. The summed E-state index contributed by atoms with van der Waals surface area (Å²) in [5.41, 5.74) is 5.49. The second-order valence-electron chi connectivity index (χ2n) is 5.67. The summed E-state index contributed by atoms with van der Waals surface area (Å²) >= 11 is 0. The maximum atomic E-state index is 9.37. The van der Waals surface area contributed by atoms with E-state index in [9.17, 15) is 5.26 Å². The first-order valence-electron chi connectivity index (χ1n) is 7.69. The molecular formula is C20H15N3O. The first-order valence-corrected chi connectivity index (χ1v) is 7.69. The van der Waals surface area contributed by atoms with Gasteiger partial charge in [-0.05, 0) is 23.3 Å². The lowest BCUT2D eigenvalue weighted by atomic mass is 10.0. The van der Waals surface area contributed by atoms with Gasteiger partial charge >= 0.3 is 0 Å². The maximum Gasteiger partial charge on any atom is 0.146 e. The van der Waals surface area contributed by atoms with Crippen LogP contribution in [0, 0.1) is 11.3 Å². The quantitative estimate of drug-likeness (QED) is 0.609. The van der Waals surface area contributed by atoms with Crippen LogP contribution in [0.4, 0.5) is 0 Å². The van der Waals surface area contributed by atoms with Crippen molar-refractivity contribution in [1.82, 2.24) is 9.97 Å². The van der Waals surface area contributed by atoms with E-state index in [0.717, 1.165) is 38.5 Å². The lowest BCUT2D eigenvalue weighted by Gasteiger charge is -2.06. The van der Waals surface area contributed by atoms with E-state index >= 15 is 0 Å². The SMILES string of the molecule is COCc1c(C#N)ncc2[nH]c3ccc(-c4ccccc4)cc3c12. The molecule has 0 amide bonds. The number of ether oxygens (including phenoxy) is 1. The van der Waals surface area contributed by atoms with Gasteiger partial charge in [-0.25, -0.2) is 4.98 Å². The number of methoxy groups -OCH3 is 1. The van der Waals surface area contributed by atoms with Crippen molar-refractivity contribution >= 4 is 21.8 Å². The molecule has 0 bridgehead atoms. The number of fused-ring (bicyclic) bond motifs is 3. The number of aromatic amines is 1. The van der Waals surface area contributed by atoms with Gasteiger partial charge in [-0.2, -0.15) is 5.26 Å². The second-order valence-corrected chi connectivity index (χ2v) is 5.67. The molecule has 0 aliphatic heterocycles. The number of nitriles is 1. The predicted octanol–water partition coefficient (Wildman–Crippen LogP) is 4.40. The van der Waals surface area contributed by atoms with Crippen molar-refractivity contribution in [1.29, 1.82) is 5.26 Å². The summed E-state index contributed by atoms with van der Waals surface area (Å²) in [6, 6.07) is 18.7. The normalized spacial score (nSPS) is 11.0. The largest absolute Gasteiger partial charge is 0.380 e. The summed E-state index contributed by atoms with van der Waals surface area (Å²) in [6.07, 6.45) is 1.72. The second kappa shape index (κ2) is 5.80. The van der Waals surface area contributed by atoms with Crippen molar-refractivity contribution in [3.05, 3.63) is 66.0 Å². The molecule has 4 rings (SSSR count). The highest BCUT2D eigenvalue weighted by atomic mass is 16.5. The fraction of sp³-hybridized carbons (Fsp3) is 0.100. The van der Waals surface area contributed by atoms with Crippen LogP contribution in [0.3, 0.4) is 0 Å². The van der Waals surface area contributed by atoms with Crippen LogP contribution in [0.15, 0.2) is 54.7 Å². The van der Waals surface area contributed by atoms with Crippen molar-refractivity contribution in [2.24, 2.45) is 0 Å². The molecule has 0 saturated heterocycles. The Labute approximate surface area is 139 Å². The number of H-pyrrole nitrogens is 1. The third-order valence-electron chi connectivity index (χ3n) is 4.24. The molecule has 2 aromatic carbocycles. The molecule has 24 heavy (non-hydrogen) atoms. The first-order chi connectivity index (χ1) is 11.8. The molecule has 0 saturated carbocycles. The van der Waals surface area contributed by atoms with E-state index < -0.39 is 0 Å². The number of nitrogens with one attached hydrogen (secondary N) is 1. The zero-order valence-corrected chi connectivity index (χ0v) is 13.2. The number of pyridine rings is 1. The summed E-state index contributed by atoms with van der Waals surface area (Å²) < 4.78 is 5.31. The van der Waals surface area contributed by atoms with Crippen LogP contribution in [0.1, 0.15) is 11.3 Å². The fourth-order valence-corrected chi connectivity index (χ4v) is 3.15. The summed E-state index contributed by atoms with van der Waals surface area (Å²) in [4.78, 5) is 7.63. The van der Waals surface area contributed by atoms with Gasteiger partial charge in [0, 0.05) is 29.0 Å². The third kappa shape index (κ3) is 2.23. The van der Waals surface area contributed by atoms with E-state index in [4.69, 9.17) is 4.74 Å². The Hall–Kier alpha value is -3.16. The Bertz CT molecular complexity index is 1070. The van der Waals surface area contributed by atoms with Crippen LogP contribution >= 0.6 is 0 Å². The van der Waals surface area contributed by atoms with Gasteiger partial charge in [-0.15, -0.1) is 0 Å². The predicted molar refractivity (Wildman–Crippen MR) is 94.5 cm³/mol. The monoisotopic (exact) mass is 313 g/mol. The van der Waals surface area contributed by atoms with Crippen LogP contribution in [-0.2, 0) is 11.3 Å². The minimum Gasteiger partial charge on any atom is -0.380 e. The number of hydrogen-bond donors (Lipinski definition) is 1. The van der Waals surface area contributed by atoms with Gasteiger partial charge in [0.05, 0.1) is 18.3 Å². The number of hydrogen-bond acceptors (Lipinski definition) is 3. The molecule has 1 N–H and O–H groups in total. The summed E-state index contributed by atoms with van der Waals surface area (Å²) in [7, 11) is 1.63. The molecule has 0 spiro atoms. The van der Waals surface area contributed by atoms with Crippen LogP contribution in [0.2, 0.25) is 0 Å². The molecule has 116 valence electrons. The van der Waals surface area contributed by atoms with Crippen molar-refractivity contribution in [3.8, 4) is 17.2 Å². The average Bonchev–Trinajstić information content (AvgIpc) is 3.01. The van der Waals surface area contributed by atoms with E-state index in [1.807, 2.05) is 18.2 Å². The standard InChI is InChI=1S/C20H15N3O/c1-24-12-16-18(10-21)22-11-19-20(16)15-9-14(7-8-17(15)23-19)13-5-3-2-4-6-13/h2-9,11,23H,12H2,1H3. The average molecular weight is 313 g/mol. The van der Waals surface area contributed by atoms with E-state index in [-0.39, 0.29) is 0 Å². The first kappa shape index (κ1) is 14.4. The van der Waals surface area contributed by atoms with E-state index in [1.165, 1.54) is 0 Å². The Kier molecular flexibility index (Phi) is 3.49. The molecular weight excluding hydrogens is 298 g/mol. The van der Waals surface area contributed by atoms with E-state index in [0.29, 0.717) is 12.3 Å². The highest BCUT2D eigenvalue weighted by Crippen LogP contribution is 2.33. The highest BCUT2D eigenvalue weighted by Gasteiger charge is 2.14. The van der Waals surface area contributed by atoms with E-state index in [1.54, 1.807) is 13.3 Å². The number of aromatic nitrogens is 2. The molecule has 0 radical (unpaired) electrons. The zero-order valence-electron chi connectivity index (χ0n) is 13.2. The van der Waals surface area contributed by atoms with Crippen molar-refractivity contribution < 1.29 is 4.74 Å². The minimum atomic E-state index is 0.357. The highest BCUT2D eigenvalue weighted by molar-refractivity contribution is 6.10. The van der Waals surface area contributed by atoms with Gasteiger partial charge in [-0.3, -0.25) is 0 Å². The van der Waals surface area contributed by atoms with Crippen LogP contribution in [0.5, 0.6) is 0 Å². The lowest BCUT2D eigenvalue weighted by Crippen LogP contribution is -1.96. The number of rotatable bonds is 3. The number of nitrogens with zero attached hydrogens (tertiary/aromatic N) is 2. The maximum absolute atomic E-state index is 9.37. The van der Waals surface area contributed by atoms with Gasteiger partial charge in [0.2, 0.25) is 0 Å². The summed E-state index contributed by atoms with van der Waals surface area (Å²) in [5, 5.41) is 11.5. The van der Waals surface area contributed by atoms with Crippen molar-refractivity contribution in [2.75, 3.05) is 7.11 Å². The summed E-state index contributed by atoms with van der Waals surface area (Å²) in [5.74, 6) is 0. The topological polar surface area (TPSA) is 61.7 Å². The molecule has 0 fully saturated rings. The molecule has 4 aromatic rings.